The maximum atomic E-state index is 9.23. The first-order valence-electron chi connectivity index (χ1n) is 6.15. The number of anilines is 2. The van der Waals surface area contributed by atoms with Gasteiger partial charge in [0.05, 0.1) is 31.3 Å². The van der Waals surface area contributed by atoms with Gasteiger partial charge in [-0.25, -0.2) is 0 Å². The number of hydrogen-bond acceptors (Lipinski definition) is 7. The lowest BCUT2D eigenvalue weighted by atomic mass is 10.2. The van der Waals surface area contributed by atoms with Crippen molar-refractivity contribution in [1.29, 1.82) is 0 Å². The molecule has 0 unspecified atom stereocenters. The van der Waals surface area contributed by atoms with E-state index in [1.54, 1.807) is 36.4 Å². The van der Waals surface area contributed by atoms with E-state index < -0.39 is 0 Å². The number of phenolic OH excluding ortho intramolecular Hbond substituents is 1. The monoisotopic (exact) mass is 288 g/mol. The number of nitrogens with zero attached hydrogens (tertiary/aromatic N) is 2. The molecule has 0 heterocycles. The van der Waals surface area contributed by atoms with Crippen molar-refractivity contribution in [2.24, 2.45) is 10.2 Å². The Bertz CT molecular complexity index is 614. The van der Waals surface area contributed by atoms with Gasteiger partial charge in [0.1, 0.15) is 11.4 Å². The summed E-state index contributed by atoms with van der Waals surface area (Å²) in [5.41, 5.74) is 8.05. The first kappa shape index (κ1) is 14.8. The molecule has 0 aliphatic carbocycles. The van der Waals surface area contributed by atoms with E-state index in [1.165, 1.54) is 14.2 Å². The van der Waals surface area contributed by atoms with E-state index in [9.17, 15) is 5.11 Å². The van der Waals surface area contributed by atoms with Crippen molar-refractivity contribution in [3.63, 3.8) is 0 Å². The lowest BCUT2D eigenvalue weighted by Gasteiger charge is -2.09. The number of azo groups is 1. The quantitative estimate of drug-likeness (QED) is 0.556. The maximum Gasteiger partial charge on any atom is 0.115 e. The van der Waals surface area contributed by atoms with E-state index in [0.29, 0.717) is 17.1 Å². The molecular weight excluding hydrogens is 272 g/mol. The normalized spacial score (nSPS) is 10.8. The average Bonchev–Trinajstić information content (AvgIpc) is 2.49. The standard InChI is InChI=1S/C14H16N4O3/c1-20-17-11-5-8-13(18-21-2)14(9-11)16-15-10-3-6-12(19)7-4-10/h3-9,17-19H,1-2H3/b16-15+. The van der Waals surface area contributed by atoms with Crippen LogP contribution in [0.4, 0.5) is 22.7 Å². The maximum absolute atomic E-state index is 9.23. The molecule has 21 heavy (non-hydrogen) atoms. The molecule has 110 valence electrons. The smallest absolute Gasteiger partial charge is 0.115 e. The van der Waals surface area contributed by atoms with Crippen LogP contribution >= 0.6 is 0 Å². The van der Waals surface area contributed by atoms with E-state index in [1.807, 2.05) is 6.07 Å². The fraction of sp³-hybridized carbons (Fsp3) is 0.143. The molecule has 0 spiro atoms. The zero-order valence-electron chi connectivity index (χ0n) is 11.7. The van der Waals surface area contributed by atoms with Crippen LogP contribution in [0.3, 0.4) is 0 Å². The highest BCUT2D eigenvalue weighted by Gasteiger charge is 2.03. The van der Waals surface area contributed by atoms with Crippen LogP contribution in [-0.4, -0.2) is 19.3 Å². The SMILES string of the molecule is CONc1ccc(NOC)c(/N=N/c2ccc(O)cc2)c1. The molecule has 0 aromatic heterocycles. The Morgan fingerprint density at radius 1 is 0.905 bits per heavy atom. The molecule has 0 fully saturated rings. The Kier molecular flexibility index (Phi) is 5.08. The summed E-state index contributed by atoms with van der Waals surface area (Å²) in [7, 11) is 3.04. The van der Waals surface area contributed by atoms with Crippen molar-refractivity contribution in [1.82, 2.24) is 0 Å². The molecular formula is C14H16N4O3. The van der Waals surface area contributed by atoms with Gasteiger partial charge in [-0.05, 0) is 42.5 Å². The second kappa shape index (κ2) is 7.22. The molecule has 7 heteroatoms. The van der Waals surface area contributed by atoms with E-state index >= 15 is 0 Å². The predicted molar refractivity (Wildman–Crippen MR) is 80.0 cm³/mol. The summed E-state index contributed by atoms with van der Waals surface area (Å²) in [5.74, 6) is 0.182. The van der Waals surface area contributed by atoms with E-state index in [4.69, 9.17) is 9.68 Å². The third kappa shape index (κ3) is 4.16. The molecule has 0 saturated carbocycles. The number of benzene rings is 2. The van der Waals surface area contributed by atoms with Crippen LogP contribution in [0.15, 0.2) is 52.7 Å². The van der Waals surface area contributed by atoms with Gasteiger partial charge in [-0.2, -0.15) is 5.11 Å². The number of aromatic hydroxyl groups is 1. The largest absolute Gasteiger partial charge is 0.508 e. The topological polar surface area (TPSA) is 87.5 Å². The highest BCUT2D eigenvalue weighted by Crippen LogP contribution is 2.30. The summed E-state index contributed by atoms with van der Waals surface area (Å²) in [6.45, 7) is 0. The van der Waals surface area contributed by atoms with Crippen molar-refractivity contribution < 1.29 is 14.8 Å². The van der Waals surface area contributed by atoms with E-state index in [2.05, 4.69) is 21.2 Å². The lowest BCUT2D eigenvalue weighted by molar-refractivity contribution is 0.270. The second-order valence-corrected chi connectivity index (χ2v) is 4.06. The Morgan fingerprint density at radius 2 is 1.62 bits per heavy atom. The lowest BCUT2D eigenvalue weighted by Crippen LogP contribution is -1.98. The van der Waals surface area contributed by atoms with Gasteiger partial charge in [0.2, 0.25) is 0 Å². The fourth-order valence-electron chi connectivity index (χ4n) is 1.62. The summed E-state index contributed by atoms with van der Waals surface area (Å²) in [6, 6.07) is 11.8. The van der Waals surface area contributed by atoms with Crippen LogP contribution in [0, 0.1) is 0 Å². The Labute approximate surface area is 122 Å². The Hall–Kier alpha value is -2.64. The van der Waals surface area contributed by atoms with Crippen molar-refractivity contribution >= 4 is 22.7 Å². The Balaban J connectivity index is 2.26. The average molecular weight is 288 g/mol. The molecule has 0 bridgehead atoms. The van der Waals surface area contributed by atoms with E-state index in [0.717, 1.165) is 5.69 Å². The predicted octanol–water partition coefficient (Wildman–Crippen LogP) is 3.75. The number of phenols is 1. The van der Waals surface area contributed by atoms with Gasteiger partial charge in [-0.1, -0.05) is 0 Å². The molecule has 2 rings (SSSR count). The highest BCUT2D eigenvalue weighted by atomic mass is 16.6. The number of hydrogen-bond donors (Lipinski definition) is 3. The zero-order chi connectivity index (χ0) is 15.1. The van der Waals surface area contributed by atoms with Gasteiger partial charge in [0.25, 0.3) is 0 Å². The van der Waals surface area contributed by atoms with Gasteiger partial charge in [-0.15, -0.1) is 5.11 Å². The minimum atomic E-state index is 0.182. The molecule has 7 nitrogen and oxygen atoms in total. The minimum Gasteiger partial charge on any atom is -0.508 e. The third-order valence-corrected chi connectivity index (χ3v) is 2.55. The van der Waals surface area contributed by atoms with Crippen molar-refractivity contribution in [3.8, 4) is 5.75 Å². The molecule has 0 atom stereocenters. The summed E-state index contributed by atoms with van der Waals surface area (Å²) in [6.07, 6.45) is 0. The molecule has 3 N–H and O–H groups in total. The molecule has 0 aliphatic rings. The van der Waals surface area contributed by atoms with Gasteiger partial charge in [-0.3, -0.25) is 20.6 Å². The summed E-state index contributed by atoms with van der Waals surface area (Å²) >= 11 is 0. The fourth-order valence-corrected chi connectivity index (χ4v) is 1.62. The third-order valence-electron chi connectivity index (χ3n) is 2.55. The molecule has 0 radical (unpaired) electrons. The molecule has 0 amide bonds. The van der Waals surface area contributed by atoms with Gasteiger partial charge >= 0.3 is 0 Å². The molecule has 0 aliphatic heterocycles. The van der Waals surface area contributed by atoms with Crippen LogP contribution in [0.25, 0.3) is 0 Å². The van der Waals surface area contributed by atoms with Crippen LogP contribution in [-0.2, 0) is 9.68 Å². The van der Waals surface area contributed by atoms with Crippen LogP contribution in [0.5, 0.6) is 5.75 Å². The van der Waals surface area contributed by atoms with Crippen LogP contribution < -0.4 is 11.0 Å². The highest BCUT2D eigenvalue weighted by molar-refractivity contribution is 5.69. The molecule has 2 aromatic rings. The number of nitrogens with one attached hydrogen (secondary N) is 2. The van der Waals surface area contributed by atoms with E-state index in [-0.39, 0.29) is 5.75 Å². The van der Waals surface area contributed by atoms with Crippen LogP contribution in [0.2, 0.25) is 0 Å². The second-order valence-electron chi connectivity index (χ2n) is 4.06. The van der Waals surface area contributed by atoms with Crippen molar-refractivity contribution in [2.45, 2.75) is 0 Å². The molecule has 0 saturated heterocycles. The van der Waals surface area contributed by atoms with Crippen molar-refractivity contribution in [2.75, 3.05) is 25.2 Å². The minimum absolute atomic E-state index is 0.182. The molecule has 2 aromatic carbocycles. The summed E-state index contributed by atoms with van der Waals surface area (Å²) in [5, 5.41) is 17.5. The Morgan fingerprint density at radius 3 is 2.29 bits per heavy atom. The van der Waals surface area contributed by atoms with Gasteiger partial charge in [0, 0.05) is 0 Å². The summed E-state index contributed by atoms with van der Waals surface area (Å²) < 4.78 is 0. The van der Waals surface area contributed by atoms with Gasteiger partial charge < -0.3 is 5.11 Å². The summed E-state index contributed by atoms with van der Waals surface area (Å²) in [4.78, 5) is 9.76. The number of rotatable bonds is 6. The first-order valence-corrected chi connectivity index (χ1v) is 6.15. The zero-order valence-corrected chi connectivity index (χ0v) is 11.7. The van der Waals surface area contributed by atoms with Gasteiger partial charge in [0.15, 0.2) is 0 Å². The van der Waals surface area contributed by atoms with Crippen molar-refractivity contribution in [3.05, 3.63) is 42.5 Å². The first-order chi connectivity index (χ1) is 10.2. The van der Waals surface area contributed by atoms with Crippen LogP contribution in [0.1, 0.15) is 0 Å².